The molecule has 2 fully saturated rings. The number of hydrogen-bond acceptors (Lipinski definition) is 2. The average Bonchev–Trinajstić information content (AvgIpc) is 3.31. The van der Waals surface area contributed by atoms with E-state index in [1.807, 2.05) is 0 Å². The lowest BCUT2D eigenvalue weighted by atomic mass is 9.96. The van der Waals surface area contributed by atoms with E-state index in [-0.39, 0.29) is 0 Å². The molecule has 1 atom stereocenters. The molecule has 2 aliphatic carbocycles. The molecule has 2 N–H and O–H groups in total. The van der Waals surface area contributed by atoms with Crippen LogP contribution in [0.4, 0.5) is 0 Å². The van der Waals surface area contributed by atoms with Crippen LogP contribution in [0.1, 0.15) is 49.3 Å². The molecule has 2 nitrogen and oxygen atoms in total. The third-order valence-corrected chi connectivity index (χ3v) is 5.39. The number of benzene rings is 1. The van der Waals surface area contributed by atoms with Gasteiger partial charge in [-0.2, -0.15) is 0 Å². The van der Waals surface area contributed by atoms with E-state index in [0.717, 1.165) is 19.0 Å². The second-order valence-corrected chi connectivity index (χ2v) is 6.73. The smallest absolute Gasteiger partial charge is 0.0335 e. The number of hydrogen-bond donors (Lipinski definition) is 2. The van der Waals surface area contributed by atoms with Crippen molar-refractivity contribution >= 4 is 0 Å². The van der Waals surface area contributed by atoms with Crippen LogP contribution in [0, 0.1) is 11.3 Å². The van der Waals surface area contributed by atoms with E-state index in [0.29, 0.717) is 11.5 Å². The first-order valence-corrected chi connectivity index (χ1v) is 7.89. The van der Waals surface area contributed by atoms with Gasteiger partial charge < -0.3 is 10.6 Å². The van der Waals surface area contributed by atoms with Crippen molar-refractivity contribution in [3.8, 4) is 0 Å². The van der Waals surface area contributed by atoms with Crippen LogP contribution in [0.3, 0.4) is 0 Å². The Balaban J connectivity index is 1.48. The van der Waals surface area contributed by atoms with Gasteiger partial charge in [0.15, 0.2) is 0 Å². The summed E-state index contributed by atoms with van der Waals surface area (Å²) in [7, 11) is 0. The van der Waals surface area contributed by atoms with Gasteiger partial charge in [0.05, 0.1) is 0 Å². The van der Waals surface area contributed by atoms with Gasteiger partial charge in [-0.05, 0) is 61.1 Å². The Morgan fingerprint density at radius 1 is 1.16 bits per heavy atom. The van der Waals surface area contributed by atoms with Crippen LogP contribution in [0.25, 0.3) is 0 Å². The summed E-state index contributed by atoms with van der Waals surface area (Å²) in [6.45, 7) is 3.40. The molecule has 0 amide bonds. The van der Waals surface area contributed by atoms with Crippen LogP contribution in [-0.4, -0.2) is 13.1 Å². The lowest BCUT2D eigenvalue weighted by molar-refractivity contribution is 0.366. The largest absolute Gasteiger partial charge is 0.313 e. The van der Waals surface area contributed by atoms with Gasteiger partial charge in [-0.1, -0.05) is 24.3 Å². The van der Waals surface area contributed by atoms with E-state index in [1.165, 1.54) is 49.8 Å². The Morgan fingerprint density at radius 3 is 2.79 bits per heavy atom. The van der Waals surface area contributed by atoms with Gasteiger partial charge in [0.1, 0.15) is 0 Å². The fourth-order valence-corrected chi connectivity index (χ4v) is 3.78. The topological polar surface area (TPSA) is 24.1 Å². The van der Waals surface area contributed by atoms with Crippen LogP contribution < -0.4 is 10.6 Å². The molecule has 2 saturated carbocycles. The minimum absolute atomic E-state index is 0.558. The van der Waals surface area contributed by atoms with Gasteiger partial charge in [-0.25, -0.2) is 0 Å². The Morgan fingerprint density at radius 2 is 2.00 bits per heavy atom. The Bertz CT molecular complexity index is 460. The summed E-state index contributed by atoms with van der Waals surface area (Å²) < 4.78 is 0. The summed E-state index contributed by atoms with van der Waals surface area (Å²) in [5.74, 6) is 1.05. The molecule has 1 aliphatic heterocycles. The first-order valence-electron chi connectivity index (χ1n) is 7.89. The monoisotopic (exact) mass is 256 g/mol. The van der Waals surface area contributed by atoms with Gasteiger partial charge in [0, 0.05) is 19.1 Å². The highest BCUT2D eigenvalue weighted by Gasteiger charge is 2.53. The van der Waals surface area contributed by atoms with E-state index >= 15 is 0 Å². The molecule has 1 aromatic rings. The normalized spacial score (nSPS) is 28.5. The number of nitrogens with one attached hydrogen (secondary N) is 2. The Kier molecular flexibility index (Phi) is 2.89. The maximum Gasteiger partial charge on any atom is 0.0335 e. The van der Waals surface area contributed by atoms with Gasteiger partial charge in [0.2, 0.25) is 0 Å². The molecule has 1 unspecified atom stereocenters. The molecule has 2 heteroatoms. The third-order valence-electron chi connectivity index (χ3n) is 5.39. The SMILES string of the molecule is c1ccc2c(c1)CNCCC2NCC1(C2CC2)CC1. The molecule has 102 valence electrons. The second-order valence-electron chi connectivity index (χ2n) is 6.73. The summed E-state index contributed by atoms with van der Waals surface area (Å²) in [4.78, 5) is 0. The van der Waals surface area contributed by atoms with E-state index < -0.39 is 0 Å². The Hall–Kier alpha value is -0.860. The molecule has 4 rings (SSSR count). The molecular weight excluding hydrogens is 232 g/mol. The Labute approximate surface area is 116 Å². The summed E-state index contributed by atoms with van der Waals surface area (Å²) in [6, 6.07) is 9.50. The van der Waals surface area contributed by atoms with Crippen molar-refractivity contribution in [2.75, 3.05) is 13.1 Å². The molecule has 1 aromatic carbocycles. The summed E-state index contributed by atoms with van der Waals surface area (Å²) in [5.41, 5.74) is 3.71. The van der Waals surface area contributed by atoms with E-state index in [4.69, 9.17) is 0 Å². The van der Waals surface area contributed by atoms with Crippen molar-refractivity contribution in [3.63, 3.8) is 0 Å². The van der Waals surface area contributed by atoms with E-state index in [9.17, 15) is 0 Å². The highest BCUT2D eigenvalue weighted by Crippen LogP contribution is 2.61. The fourth-order valence-electron chi connectivity index (χ4n) is 3.78. The van der Waals surface area contributed by atoms with E-state index in [2.05, 4.69) is 34.9 Å². The maximum absolute atomic E-state index is 3.90. The molecule has 0 radical (unpaired) electrons. The molecule has 0 aromatic heterocycles. The molecule has 0 bridgehead atoms. The molecule has 3 aliphatic rings. The van der Waals surface area contributed by atoms with Crippen LogP contribution >= 0.6 is 0 Å². The molecule has 0 saturated heterocycles. The number of rotatable bonds is 4. The van der Waals surface area contributed by atoms with Crippen molar-refractivity contribution in [2.24, 2.45) is 11.3 Å². The first kappa shape index (κ1) is 11.9. The van der Waals surface area contributed by atoms with Gasteiger partial charge in [-0.3, -0.25) is 0 Å². The molecule has 1 heterocycles. The van der Waals surface area contributed by atoms with Crippen molar-refractivity contribution < 1.29 is 0 Å². The zero-order chi connectivity index (χ0) is 12.7. The summed E-state index contributed by atoms with van der Waals surface area (Å²) in [5, 5.41) is 7.44. The first-order chi connectivity index (χ1) is 9.37. The number of fused-ring (bicyclic) bond motifs is 1. The van der Waals surface area contributed by atoms with Crippen LogP contribution in [-0.2, 0) is 6.54 Å². The third kappa shape index (κ3) is 2.32. The maximum atomic E-state index is 3.90. The van der Waals surface area contributed by atoms with Gasteiger partial charge in [0.25, 0.3) is 0 Å². The predicted octanol–water partition coefficient (Wildman–Crippen LogP) is 3.00. The molecule has 19 heavy (non-hydrogen) atoms. The quantitative estimate of drug-likeness (QED) is 0.865. The molecular formula is C17H24N2. The van der Waals surface area contributed by atoms with Crippen molar-refractivity contribution in [1.29, 1.82) is 0 Å². The summed E-state index contributed by atoms with van der Waals surface area (Å²) in [6.07, 6.45) is 7.14. The van der Waals surface area contributed by atoms with Gasteiger partial charge >= 0.3 is 0 Å². The van der Waals surface area contributed by atoms with E-state index in [1.54, 1.807) is 0 Å². The molecule has 0 spiro atoms. The van der Waals surface area contributed by atoms with Crippen molar-refractivity contribution in [2.45, 2.75) is 44.7 Å². The predicted molar refractivity (Wildman–Crippen MR) is 77.9 cm³/mol. The van der Waals surface area contributed by atoms with Crippen molar-refractivity contribution in [1.82, 2.24) is 10.6 Å². The second kappa shape index (κ2) is 4.60. The van der Waals surface area contributed by atoms with Gasteiger partial charge in [-0.15, -0.1) is 0 Å². The van der Waals surface area contributed by atoms with Crippen LogP contribution in [0.5, 0.6) is 0 Å². The minimum atomic E-state index is 0.558. The highest BCUT2D eigenvalue weighted by atomic mass is 15.0. The minimum Gasteiger partial charge on any atom is -0.313 e. The lowest BCUT2D eigenvalue weighted by Crippen LogP contribution is -2.30. The highest BCUT2D eigenvalue weighted by molar-refractivity contribution is 5.31. The van der Waals surface area contributed by atoms with Crippen LogP contribution in [0.2, 0.25) is 0 Å². The zero-order valence-corrected chi connectivity index (χ0v) is 11.6. The fraction of sp³-hybridized carbons (Fsp3) is 0.647. The zero-order valence-electron chi connectivity index (χ0n) is 11.6. The lowest BCUT2D eigenvalue weighted by Gasteiger charge is -2.23. The van der Waals surface area contributed by atoms with Crippen LogP contribution in [0.15, 0.2) is 24.3 Å². The average molecular weight is 256 g/mol. The standard InChI is InChI=1S/C17H24N2/c1-2-4-15-13(3-1)11-18-10-7-16(15)19-12-17(8-9-17)14-5-6-14/h1-4,14,16,18-19H,5-12H2. The summed E-state index contributed by atoms with van der Waals surface area (Å²) >= 11 is 0. The van der Waals surface area contributed by atoms with Crippen molar-refractivity contribution in [3.05, 3.63) is 35.4 Å².